The van der Waals surface area contributed by atoms with Gasteiger partial charge < -0.3 is 11.5 Å². The smallest absolute Gasteiger partial charge is 0.0234 e. The van der Waals surface area contributed by atoms with Crippen molar-refractivity contribution in [1.29, 1.82) is 0 Å². The molecule has 0 atom stereocenters. The molecule has 0 unspecified atom stereocenters. The van der Waals surface area contributed by atoms with Gasteiger partial charge >= 0.3 is 0 Å². The molecule has 1 aromatic carbocycles. The van der Waals surface area contributed by atoms with Crippen molar-refractivity contribution in [3.05, 3.63) is 35.4 Å². The minimum atomic E-state index is 0.215. The fraction of sp³-hybridized carbons (Fsp3) is 0.600. The van der Waals surface area contributed by atoms with Gasteiger partial charge in [0.1, 0.15) is 0 Å². The summed E-state index contributed by atoms with van der Waals surface area (Å²) >= 11 is 0. The van der Waals surface area contributed by atoms with Crippen LogP contribution in [0.3, 0.4) is 0 Å². The first-order valence-electron chi connectivity index (χ1n) is 6.69. The van der Waals surface area contributed by atoms with Gasteiger partial charge in [0, 0.05) is 32.7 Å². The topological polar surface area (TPSA) is 55.3 Å². The molecule has 4 N–H and O–H groups in total. The second kappa shape index (κ2) is 6.88. The van der Waals surface area contributed by atoms with Crippen LogP contribution < -0.4 is 11.5 Å². The van der Waals surface area contributed by atoms with Crippen molar-refractivity contribution in [3.63, 3.8) is 0 Å². The van der Waals surface area contributed by atoms with Crippen molar-refractivity contribution in [2.24, 2.45) is 11.5 Å². The molecule has 0 aromatic heterocycles. The minimum absolute atomic E-state index is 0.215. The maximum absolute atomic E-state index is 5.61. The quantitative estimate of drug-likeness (QED) is 0.807. The molecule has 18 heavy (non-hydrogen) atoms. The Morgan fingerprint density at radius 1 is 0.944 bits per heavy atom. The molecule has 0 aliphatic rings. The van der Waals surface area contributed by atoms with E-state index in [0.29, 0.717) is 13.1 Å². The van der Waals surface area contributed by atoms with Gasteiger partial charge in [-0.05, 0) is 16.5 Å². The van der Waals surface area contributed by atoms with E-state index in [1.807, 2.05) is 0 Å². The highest BCUT2D eigenvalue weighted by Gasteiger charge is 2.13. The second-order valence-corrected chi connectivity index (χ2v) is 5.80. The lowest BCUT2D eigenvalue weighted by atomic mass is 9.87. The van der Waals surface area contributed by atoms with Gasteiger partial charge in [-0.25, -0.2) is 0 Å². The van der Waals surface area contributed by atoms with Gasteiger partial charge in [0.2, 0.25) is 0 Å². The minimum Gasteiger partial charge on any atom is -0.329 e. The van der Waals surface area contributed by atoms with Gasteiger partial charge in [-0.15, -0.1) is 0 Å². The van der Waals surface area contributed by atoms with Gasteiger partial charge in [0.15, 0.2) is 0 Å². The highest BCUT2D eigenvalue weighted by molar-refractivity contribution is 5.27. The summed E-state index contributed by atoms with van der Waals surface area (Å²) in [6.07, 6.45) is 0. The molecule has 0 saturated carbocycles. The monoisotopic (exact) mass is 249 g/mol. The molecule has 0 saturated heterocycles. The van der Waals surface area contributed by atoms with Crippen LogP contribution in [-0.4, -0.2) is 31.1 Å². The Hall–Kier alpha value is -0.900. The van der Waals surface area contributed by atoms with Crippen LogP contribution in [0.1, 0.15) is 31.9 Å². The van der Waals surface area contributed by atoms with E-state index in [1.165, 1.54) is 11.1 Å². The van der Waals surface area contributed by atoms with E-state index in [4.69, 9.17) is 11.5 Å². The predicted molar refractivity (Wildman–Crippen MR) is 78.5 cm³/mol. The standard InChI is InChI=1S/C15H27N3/c1-15(2,3)14-6-4-13(5-7-14)12-18(10-8-16)11-9-17/h4-7H,8-12,16-17H2,1-3H3. The van der Waals surface area contributed by atoms with Gasteiger partial charge in [0.25, 0.3) is 0 Å². The fourth-order valence-corrected chi connectivity index (χ4v) is 2.00. The third-order valence-corrected chi connectivity index (χ3v) is 3.12. The molecule has 0 radical (unpaired) electrons. The Labute approximate surface area is 111 Å². The molecule has 3 heteroatoms. The summed E-state index contributed by atoms with van der Waals surface area (Å²) in [7, 11) is 0. The number of nitrogens with zero attached hydrogens (tertiary/aromatic N) is 1. The summed E-state index contributed by atoms with van der Waals surface area (Å²) < 4.78 is 0. The van der Waals surface area contributed by atoms with E-state index in [-0.39, 0.29) is 5.41 Å². The van der Waals surface area contributed by atoms with Crippen molar-refractivity contribution < 1.29 is 0 Å². The zero-order valence-corrected chi connectivity index (χ0v) is 11.9. The molecule has 1 rings (SSSR count). The van der Waals surface area contributed by atoms with Crippen LogP contribution in [0.5, 0.6) is 0 Å². The normalized spacial score (nSPS) is 12.1. The number of hydrogen-bond donors (Lipinski definition) is 2. The average molecular weight is 249 g/mol. The predicted octanol–water partition coefficient (Wildman–Crippen LogP) is 1.70. The van der Waals surface area contributed by atoms with Crippen molar-refractivity contribution in [2.45, 2.75) is 32.7 Å². The SMILES string of the molecule is CC(C)(C)c1ccc(CN(CCN)CCN)cc1. The van der Waals surface area contributed by atoms with Crippen LogP contribution >= 0.6 is 0 Å². The summed E-state index contributed by atoms with van der Waals surface area (Å²) in [6.45, 7) is 10.8. The van der Waals surface area contributed by atoms with Crippen LogP contribution in [0.2, 0.25) is 0 Å². The number of hydrogen-bond acceptors (Lipinski definition) is 3. The maximum atomic E-state index is 5.61. The summed E-state index contributed by atoms with van der Waals surface area (Å²) in [4.78, 5) is 2.30. The molecule has 0 aliphatic carbocycles. The Morgan fingerprint density at radius 3 is 1.83 bits per heavy atom. The van der Waals surface area contributed by atoms with Crippen LogP contribution in [0, 0.1) is 0 Å². The van der Waals surface area contributed by atoms with Crippen LogP contribution in [0.15, 0.2) is 24.3 Å². The first kappa shape index (κ1) is 15.2. The Bertz CT molecular complexity index is 332. The van der Waals surface area contributed by atoms with Gasteiger partial charge in [-0.2, -0.15) is 0 Å². The first-order valence-corrected chi connectivity index (χ1v) is 6.69. The first-order chi connectivity index (χ1) is 8.47. The molecule has 0 aliphatic heterocycles. The van der Waals surface area contributed by atoms with Crippen LogP contribution in [0.25, 0.3) is 0 Å². The van der Waals surface area contributed by atoms with Gasteiger partial charge in [-0.3, -0.25) is 4.90 Å². The van der Waals surface area contributed by atoms with Crippen LogP contribution in [0.4, 0.5) is 0 Å². The van der Waals surface area contributed by atoms with E-state index < -0.39 is 0 Å². The third kappa shape index (κ3) is 4.77. The van der Waals surface area contributed by atoms with Crippen molar-refractivity contribution in [1.82, 2.24) is 4.90 Å². The molecule has 0 amide bonds. The van der Waals surface area contributed by atoms with E-state index in [2.05, 4.69) is 49.9 Å². The highest BCUT2D eigenvalue weighted by Crippen LogP contribution is 2.22. The van der Waals surface area contributed by atoms with Crippen molar-refractivity contribution >= 4 is 0 Å². The zero-order chi connectivity index (χ0) is 13.6. The molecule has 102 valence electrons. The molecule has 3 nitrogen and oxygen atoms in total. The van der Waals surface area contributed by atoms with E-state index in [1.54, 1.807) is 0 Å². The lowest BCUT2D eigenvalue weighted by Crippen LogP contribution is -2.33. The summed E-state index contributed by atoms with van der Waals surface area (Å²) in [5.74, 6) is 0. The number of benzene rings is 1. The maximum Gasteiger partial charge on any atom is 0.0234 e. The van der Waals surface area contributed by atoms with Crippen LogP contribution in [-0.2, 0) is 12.0 Å². The number of nitrogens with two attached hydrogens (primary N) is 2. The number of rotatable bonds is 6. The summed E-state index contributed by atoms with van der Waals surface area (Å²) in [5, 5.41) is 0. The highest BCUT2D eigenvalue weighted by atomic mass is 15.1. The largest absolute Gasteiger partial charge is 0.329 e. The zero-order valence-electron chi connectivity index (χ0n) is 11.9. The van der Waals surface area contributed by atoms with E-state index in [0.717, 1.165) is 19.6 Å². The Balaban J connectivity index is 2.67. The van der Waals surface area contributed by atoms with E-state index in [9.17, 15) is 0 Å². The molecule has 1 aromatic rings. The molecule has 0 bridgehead atoms. The van der Waals surface area contributed by atoms with Gasteiger partial charge in [-0.1, -0.05) is 45.0 Å². The van der Waals surface area contributed by atoms with E-state index >= 15 is 0 Å². The fourth-order valence-electron chi connectivity index (χ4n) is 2.00. The molecule has 0 spiro atoms. The summed E-state index contributed by atoms with van der Waals surface area (Å²) in [5.41, 5.74) is 14.1. The lowest BCUT2D eigenvalue weighted by Gasteiger charge is -2.22. The molecule has 0 fully saturated rings. The molecular formula is C15H27N3. The molecular weight excluding hydrogens is 222 g/mol. The van der Waals surface area contributed by atoms with Gasteiger partial charge in [0.05, 0.1) is 0 Å². The third-order valence-electron chi connectivity index (χ3n) is 3.12. The second-order valence-electron chi connectivity index (χ2n) is 5.80. The van der Waals surface area contributed by atoms with Crippen molar-refractivity contribution in [3.8, 4) is 0 Å². The summed E-state index contributed by atoms with van der Waals surface area (Å²) in [6, 6.07) is 8.86. The average Bonchev–Trinajstić information content (AvgIpc) is 2.29. The molecule has 0 heterocycles. The Kier molecular flexibility index (Phi) is 5.79. The lowest BCUT2D eigenvalue weighted by molar-refractivity contribution is 0.281. The van der Waals surface area contributed by atoms with Crippen molar-refractivity contribution in [2.75, 3.05) is 26.2 Å². The Morgan fingerprint density at radius 2 is 1.44 bits per heavy atom.